The van der Waals surface area contributed by atoms with Crippen LogP contribution in [0.4, 0.5) is 0 Å². The second-order valence-corrected chi connectivity index (χ2v) is 13.7. The van der Waals surface area contributed by atoms with Crippen molar-refractivity contribution in [3.05, 3.63) is 154 Å². The number of methoxy groups -OCH3 is 1. The number of benzene rings is 4. The first-order valence-electron chi connectivity index (χ1n) is 18.3. The lowest BCUT2D eigenvalue weighted by Gasteiger charge is -2.25. The Labute approximate surface area is 336 Å². The molecule has 0 saturated carbocycles. The molecule has 0 radical (unpaired) electrons. The summed E-state index contributed by atoms with van der Waals surface area (Å²) < 4.78 is 4.83. The van der Waals surface area contributed by atoms with Gasteiger partial charge in [0.05, 0.1) is 29.9 Å². The Bertz CT molecular complexity index is 2120. The van der Waals surface area contributed by atoms with E-state index in [0.29, 0.717) is 5.70 Å². The number of nitrogens with zero attached hydrogens (tertiary/aromatic N) is 1. The van der Waals surface area contributed by atoms with Crippen molar-refractivity contribution in [2.45, 2.75) is 43.8 Å². The van der Waals surface area contributed by atoms with Crippen LogP contribution in [0.3, 0.4) is 0 Å². The molecule has 0 heterocycles. The van der Waals surface area contributed by atoms with Crippen LogP contribution in [-0.4, -0.2) is 71.9 Å². The molecule has 0 spiro atoms. The molecule has 3 amide bonds. The van der Waals surface area contributed by atoms with E-state index in [1.165, 1.54) is 19.3 Å². The minimum atomic E-state index is -1.16. The third-order valence-corrected chi connectivity index (χ3v) is 9.66. The summed E-state index contributed by atoms with van der Waals surface area (Å²) >= 11 is 4.20. The molecule has 13 nitrogen and oxygen atoms in total. The summed E-state index contributed by atoms with van der Waals surface area (Å²) in [4.78, 5) is 64.3. The summed E-state index contributed by atoms with van der Waals surface area (Å²) in [6.45, 7) is 0.0877. The standard InChI is InChI=1S/C43H44N6O7S/c1-56-43(53)39(27-57)48-42(52)38(25-29-14-18-33(19-15-29)31-10-6-3-7-11-31)47-41(51)37(24-28-12-16-32(17-13-28)30-8-4-2-5-9-30)46-40(50)22-23-45-36-21-20-34(49(54)55)26-35(36)44/h2-21,37-39,44-45,57H,22-27H2,1H3,(H,46,50)(H,47,51)(H,48,52). The highest BCUT2D eigenvalue weighted by molar-refractivity contribution is 7.80. The van der Waals surface area contributed by atoms with E-state index in [9.17, 15) is 29.3 Å². The van der Waals surface area contributed by atoms with Crippen molar-refractivity contribution in [1.29, 1.82) is 5.41 Å². The number of carbonyl (C=O) groups is 4. The van der Waals surface area contributed by atoms with Crippen LogP contribution in [-0.2, 0) is 36.8 Å². The van der Waals surface area contributed by atoms with Crippen molar-refractivity contribution in [1.82, 2.24) is 21.3 Å². The molecule has 0 saturated heterocycles. The highest BCUT2D eigenvalue weighted by atomic mass is 32.1. The number of hydrogen-bond acceptors (Lipinski definition) is 10. The van der Waals surface area contributed by atoms with Gasteiger partial charge in [0.15, 0.2) is 0 Å². The van der Waals surface area contributed by atoms with Gasteiger partial charge in [0.1, 0.15) is 18.1 Å². The quantitative estimate of drug-likeness (QED) is 0.0358. The first-order chi connectivity index (χ1) is 27.5. The Morgan fingerprint density at radius 2 is 1.19 bits per heavy atom. The molecule has 4 aromatic rings. The zero-order chi connectivity index (χ0) is 40.7. The molecule has 14 heteroatoms. The maximum absolute atomic E-state index is 14.2. The van der Waals surface area contributed by atoms with Gasteiger partial charge in [-0.3, -0.25) is 24.5 Å². The van der Waals surface area contributed by atoms with Crippen molar-refractivity contribution in [3.63, 3.8) is 0 Å². The number of nitro groups is 1. The number of carbonyl (C=O) groups excluding carboxylic acids is 4. The van der Waals surface area contributed by atoms with Crippen LogP contribution in [0.25, 0.3) is 22.3 Å². The van der Waals surface area contributed by atoms with Gasteiger partial charge in [-0.05, 0) is 39.5 Å². The Balaban J connectivity index is 1.35. The predicted molar refractivity (Wildman–Crippen MR) is 221 cm³/mol. The van der Waals surface area contributed by atoms with E-state index in [2.05, 4.69) is 33.9 Å². The van der Waals surface area contributed by atoms with Crippen LogP contribution in [0.1, 0.15) is 24.0 Å². The van der Waals surface area contributed by atoms with Crippen molar-refractivity contribution >= 4 is 42.0 Å². The molecule has 5 N–H and O–H groups in total. The lowest BCUT2D eigenvalue weighted by molar-refractivity contribution is -0.426. The maximum Gasteiger partial charge on any atom is 0.329 e. The van der Waals surface area contributed by atoms with Gasteiger partial charge in [0.25, 0.3) is 5.70 Å². The third-order valence-electron chi connectivity index (χ3n) is 9.30. The van der Waals surface area contributed by atoms with Crippen LogP contribution in [0.5, 0.6) is 0 Å². The molecular formula is C43H44N6O7S. The fourth-order valence-electron chi connectivity index (χ4n) is 6.17. The first-order valence-corrected chi connectivity index (χ1v) is 18.9. The molecule has 5 rings (SSSR count). The number of hydrogen-bond donors (Lipinski definition) is 6. The number of allylic oxidation sites excluding steroid dienone is 4. The highest BCUT2D eigenvalue weighted by Crippen LogP contribution is 2.22. The molecule has 57 heavy (non-hydrogen) atoms. The zero-order valence-corrected chi connectivity index (χ0v) is 32.2. The van der Waals surface area contributed by atoms with E-state index >= 15 is 0 Å². The molecule has 3 unspecified atom stereocenters. The van der Waals surface area contributed by atoms with E-state index in [1.54, 1.807) is 0 Å². The molecule has 0 bridgehead atoms. The summed E-state index contributed by atoms with van der Waals surface area (Å²) in [5, 5.41) is 30.5. The Kier molecular flexibility index (Phi) is 14.9. The number of rotatable bonds is 18. The fourth-order valence-corrected chi connectivity index (χ4v) is 6.41. The van der Waals surface area contributed by atoms with E-state index < -0.39 is 46.7 Å². The van der Waals surface area contributed by atoms with Crippen molar-refractivity contribution < 1.29 is 28.8 Å². The number of amides is 3. The van der Waals surface area contributed by atoms with Gasteiger partial charge in [0, 0.05) is 37.6 Å². The summed E-state index contributed by atoms with van der Waals surface area (Å²) in [5.74, 6) is -2.48. The third kappa shape index (κ3) is 12.0. The smallest absolute Gasteiger partial charge is 0.329 e. The lowest BCUT2D eigenvalue weighted by Crippen LogP contribution is -2.57. The molecule has 1 aliphatic rings. The number of thiol groups is 1. The van der Waals surface area contributed by atoms with Crippen LogP contribution < -0.4 is 21.3 Å². The molecule has 1 aliphatic carbocycles. The Morgan fingerprint density at radius 3 is 1.65 bits per heavy atom. The maximum atomic E-state index is 14.2. The normalized spacial score (nSPS) is 13.8. The second-order valence-electron chi connectivity index (χ2n) is 13.3. The average molecular weight is 789 g/mol. The second kappa shape index (κ2) is 20.4. The topological polar surface area (TPSA) is 193 Å². The minimum Gasteiger partial charge on any atom is -0.467 e. The van der Waals surface area contributed by atoms with Gasteiger partial charge in [-0.2, -0.15) is 12.6 Å². The van der Waals surface area contributed by atoms with Gasteiger partial charge >= 0.3 is 5.97 Å². The zero-order valence-electron chi connectivity index (χ0n) is 31.3. The number of ether oxygens (including phenoxy) is 1. The molecule has 0 aliphatic heterocycles. The predicted octanol–water partition coefficient (Wildman–Crippen LogP) is 4.81. The molecule has 0 fully saturated rings. The van der Waals surface area contributed by atoms with Gasteiger partial charge in [-0.25, -0.2) is 4.79 Å². The van der Waals surface area contributed by atoms with Gasteiger partial charge in [0.2, 0.25) is 17.7 Å². The monoisotopic (exact) mass is 788 g/mol. The highest BCUT2D eigenvalue weighted by Gasteiger charge is 2.30. The molecule has 0 aromatic heterocycles. The Hall–Kier alpha value is -6.54. The van der Waals surface area contributed by atoms with Crippen LogP contribution in [0, 0.1) is 15.5 Å². The van der Waals surface area contributed by atoms with Crippen molar-refractivity contribution in [2.75, 3.05) is 19.4 Å². The van der Waals surface area contributed by atoms with Crippen LogP contribution in [0.2, 0.25) is 0 Å². The summed E-state index contributed by atoms with van der Waals surface area (Å²) in [6.07, 6.45) is 2.66. The van der Waals surface area contributed by atoms with E-state index in [-0.39, 0.29) is 49.4 Å². The van der Waals surface area contributed by atoms with E-state index in [4.69, 9.17) is 10.1 Å². The van der Waals surface area contributed by atoms with Crippen molar-refractivity contribution in [3.8, 4) is 22.3 Å². The molecule has 4 aromatic carbocycles. The molecule has 294 valence electrons. The minimum absolute atomic E-state index is 0.0205. The number of esters is 1. The lowest BCUT2D eigenvalue weighted by atomic mass is 9.98. The average Bonchev–Trinajstić information content (AvgIpc) is 3.23. The summed E-state index contributed by atoms with van der Waals surface area (Å²) in [6, 6.07) is 31.4. The van der Waals surface area contributed by atoms with Crippen LogP contribution in [0.15, 0.2) is 133 Å². The first kappa shape index (κ1) is 41.6. The molecular weight excluding hydrogens is 745 g/mol. The van der Waals surface area contributed by atoms with Gasteiger partial charge < -0.3 is 31.4 Å². The van der Waals surface area contributed by atoms with Gasteiger partial charge in [-0.15, -0.1) is 0 Å². The van der Waals surface area contributed by atoms with E-state index in [1.807, 2.05) is 109 Å². The summed E-state index contributed by atoms with van der Waals surface area (Å²) in [5.41, 5.74) is 5.74. The molecule has 3 atom stereocenters. The van der Waals surface area contributed by atoms with Crippen molar-refractivity contribution in [2.24, 2.45) is 0 Å². The SMILES string of the molecule is COC(=O)C(CS)NC(=O)C(Cc1ccc(-c2ccccc2)cc1)NC(=O)C(Cc1ccc(-c2ccccc2)cc1)NC(=O)CCNC1=CC=C([N+](=O)[O-])CC1=N. The van der Waals surface area contributed by atoms with E-state index in [0.717, 1.165) is 33.4 Å². The van der Waals surface area contributed by atoms with Crippen LogP contribution >= 0.6 is 12.6 Å². The largest absolute Gasteiger partial charge is 0.467 e. The fraction of sp³-hybridized carbons (Fsp3) is 0.233. The van der Waals surface area contributed by atoms with Gasteiger partial charge in [-0.1, -0.05) is 109 Å². The Morgan fingerprint density at radius 1 is 0.719 bits per heavy atom. The summed E-state index contributed by atoms with van der Waals surface area (Å²) in [7, 11) is 1.20. The number of nitrogens with one attached hydrogen (secondary N) is 5.